The van der Waals surface area contributed by atoms with E-state index in [0.29, 0.717) is 10.6 Å². The van der Waals surface area contributed by atoms with E-state index in [2.05, 4.69) is 11.4 Å². The first-order valence-electron chi connectivity index (χ1n) is 6.37. The summed E-state index contributed by atoms with van der Waals surface area (Å²) in [6.45, 7) is 1.61. The average molecular weight is 337 g/mol. The topological polar surface area (TPSA) is 90.3 Å². The number of thiophene rings is 1. The van der Waals surface area contributed by atoms with Gasteiger partial charge in [-0.05, 0) is 36.1 Å². The molecule has 0 fully saturated rings. The summed E-state index contributed by atoms with van der Waals surface area (Å²) < 4.78 is 24.5. The predicted molar refractivity (Wildman–Crippen MR) is 87.4 cm³/mol. The Bertz CT molecular complexity index is 879. The second-order valence-electron chi connectivity index (χ2n) is 4.95. The van der Waals surface area contributed by atoms with Crippen LogP contribution in [-0.2, 0) is 14.8 Å². The number of hydrogen-bond acceptors (Lipinski definition) is 5. The van der Waals surface area contributed by atoms with Gasteiger partial charge in [-0.25, -0.2) is 8.42 Å². The Kier molecular flexibility index (Phi) is 4.51. The van der Waals surface area contributed by atoms with E-state index in [9.17, 15) is 13.2 Å². The number of benzene rings is 1. The van der Waals surface area contributed by atoms with Crippen LogP contribution in [0.1, 0.15) is 10.4 Å². The molecule has 0 atom stereocenters. The van der Waals surface area contributed by atoms with E-state index in [-0.39, 0.29) is 6.54 Å². The van der Waals surface area contributed by atoms with Crippen molar-refractivity contribution in [1.82, 2.24) is 4.31 Å². The van der Waals surface area contributed by atoms with Crippen LogP contribution in [0.2, 0.25) is 0 Å². The quantitative estimate of drug-likeness (QED) is 0.923. The fourth-order valence-electron chi connectivity index (χ4n) is 1.93. The Hall–Kier alpha value is -1.95. The van der Waals surface area contributed by atoms with Gasteiger partial charge in [-0.2, -0.15) is 9.57 Å². The van der Waals surface area contributed by atoms with Crippen LogP contribution in [0.4, 0.5) is 5.69 Å². The van der Waals surface area contributed by atoms with Crippen molar-refractivity contribution in [1.29, 1.82) is 5.26 Å². The summed E-state index contributed by atoms with van der Waals surface area (Å²) in [4.78, 5) is 12.5. The summed E-state index contributed by atoms with van der Waals surface area (Å²) in [7, 11) is -2.05. The predicted octanol–water partition coefficient (Wildman–Crippen LogP) is 1.91. The van der Waals surface area contributed by atoms with Gasteiger partial charge in [-0.15, -0.1) is 11.3 Å². The van der Waals surface area contributed by atoms with Gasteiger partial charge in [0.15, 0.2) is 0 Å². The molecule has 0 bridgehead atoms. The van der Waals surface area contributed by atoms with Crippen molar-refractivity contribution in [2.45, 2.75) is 6.92 Å². The minimum absolute atomic E-state index is 0.247. The van der Waals surface area contributed by atoms with Gasteiger partial charge in [-0.3, -0.25) is 4.79 Å². The van der Waals surface area contributed by atoms with Crippen molar-refractivity contribution in [3.63, 3.8) is 0 Å². The Labute approximate surface area is 133 Å². The maximum Gasteiger partial charge on any atom is 0.239 e. The van der Waals surface area contributed by atoms with E-state index in [1.807, 2.05) is 13.0 Å². The molecule has 6 nitrogen and oxygen atoms in total. The largest absolute Gasteiger partial charge is 0.325 e. The van der Waals surface area contributed by atoms with Crippen LogP contribution in [0.5, 0.6) is 0 Å². The summed E-state index contributed by atoms with van der Waals surface area (Å²) in [6.07, 6.45) is 1.05. The maximum absolute atomic E-state index is 11.9. The van der Waals surface area contributed by atoms with Crippen LogP contribution < -0.4 is 5.32 Å². The molecule has 2 aromatic rings. The highest BCUT2D eigenvalue weighted by molar-refractivity contribution is 7.88. The lowest BCUT2D eigenvalue weighted by Crippen LogP contribution is -2.34. The molecule has 0 unspecified atom stereocenters. The molecule has 0 aliphatic rings. The molecule has 116 valence electrons. The second kappa shape index (κ2) is 6.04. The van der Waals surface area contributed by atoms with Crippen molar-refractivity contribution in [3.8, 4) is 6.07 Å². The third-order valence-electron chi connectivity index (χ3n) is 3.25. The second-order valence-corrected chi connectivity index (χ2v) is 8.09. The molecule has 1 amide bonds. The number of nitriles is 1. The van der Waals surface area contributed by atoms with Crippen LogP contribution in [0.25, 0.3) is 10.1 Å². The molecule has 0 radical (unpaired) electrons. The summed E-state index contributed by atoms with van der Waals surface area (Å²) in [5.74, 6) is -0.416. The zero-order valence-corrected chi connectivity index (χ0v) is 14.0. The van der Waals surface area contributed by atoms with Crippen molar-refractivity contribution >= 4 is 43.0 Å². The van der Waals surface area contributed by atoms with E-state index in [0.717, 1.165) is 26.2 Å². The molecule has 22 heavy (non-hydrogen) atoms. The van der Waals surface area contributed by atoms with Crippen molar-refractivity contribution in [2.24, 2.45) is 0 Å². The molecule has 0 aliphatic carbocycles. The minimum Gasteiger partial charge on any atom is -0.325 e. The Morgan fingerprint density at radius 1 is 1.45 bits per heavy atom. The van der Waals surface area contributed by atoms with Gasteiger partial charge in [0.25, 0.3) is 0 Å². The van der Waals surface area contributed by atoms with Crippen molar-refractivity contribution in [2.75, 3.05) is 25.2 Å². The number of carbonyl (C=O) groups is 1. The highest BCUT2D eigenvalue weighted by Gasteiger charge is 2.15. The lowest BCUT2D eigenvalue weighted by Gasteiger charge is -2.13. The van der Waals surface area contributed by atoms with Crippen LogP contribution in [0.15, 0.2) is 18.2 Å². The highest BCUT2D eigenvalue weighted by Crippen LogP contribution is 2.32. The van der Waals surface area contributed by atoms with Crippen LogP contribution in [0.3, 0.4) is 0 Å². The SMILES string of the molecule is Cc1c(C#N)sc2ccc(NC(=O)CN(C)S(C)(=O)=O)cc12. The van der Waals surface area contributed by atoms with Gasteiger partial charge in [0.05, 0.1) is 12.8 Å². The number of nitrogens with zero attached hydrogens (tertiary/aromatic N) is 2. The number of hydrogen-bond donors (Lipinski definition) is 1. The van der Waals surface area contributed by atoms with Crippen molar-refractivity contribution in [3.05, 3.63) is 28.6 Å². The molecular formula is C14H15N3O3S2. The lowest BCUT2D eigenvalue weighted by atomic mass is 10.1. The Balaban J connectivity index is 2.20. The molecule has 0 aliphatic heterocycles. The number of sulfonamides is 1. The number of aryl methyl sites for hydroxylation is 1. The number of amides is 1. The van der Waals surface area contributed by atoms with E-state index in [1.165, 1.54) is 18.4 Å². The van der Waals surface area contributed by atoms with Crippen LogP contribution >= 0.6 is 11.3 Å². The number of likely N-dealkylation sites (N-methyl/N-ethyl adjacent to an activating group) is 1. The van der Waals surface area contributed by atoms with E-state index >= 15 is 0 Å². The molecule has 2 rings (SSSR count). The first-order valence-corrected chi connectivity index (χ1v) is 9.03. The molecular weight excluding hydrogens is 322 g/mol. The molecule has 1 aromatic carbocycles. The number of fused-ring (bicyclic) bond motifs is 1. The molecule has 0 spiro atoms. The number of rotatable bonds is 4. The molecule has 8 heteroatoms. The van der Waals surface area contributed by atoms with Gasteiger partial charge in [0, 0.05) is 17.4 Å². The van der Waals surface area contributed by atoms with Gasteiger partial charge >= 0.3 is 0 Å². The standard InChI is InChI=1S/C14H15N3O3S2/c1-9-11-6-10(4-5-12(11)21-13(9)7-15)16-14(18)8-17(2)22(3,19)20/h4-6H,8H2,1-3H3,(H,16,18). The average Bonchev–Trinajstić information content (AvgIpc) is 2.74. The summed E-state index contributed by atoms with van der Waals surface area (Å²) in [5.41, 5.74) is 1.46. The normalized spacial score (nSPS) is 11.6. The third kappa shape index (κ3) is 3.44. The smallest absolute Gasteiger partial charge is 0.239 e. The first kappa shape index (κ1) is 16.4. The number of anilines is 1. The number of nitrogens with one attached hydrogen (secondary N) is 1. The number of carbonyl (C=O) groups excluding carboxylic acids is 1. The first-order chi connectivity index (χ1) is 10.2. The Morgan fingerprint density at radius 3 is 2.73 bits per heavy atom. The molecule has 1 aromatic heterocycles. The summed E-state index contributed by atoms with van der Waals surface area (Å²) in [5, 5.41) is 12.6. The fraction of sp³-hybridized carbons (Fsp3) is 0.286. The molecule has 0 saturated carbocycles. The zero-order valence-electron chi connectivity index (χ0n) is 12.4. The molecule has 1 heterocycles. The minimum atomic E-state index is -3.39. The Morgan fingerprint density at radius 2 is 2.14 bits per heavy atom. The van der Waals surface area contributed by atoms with E-state index < -0.39 is 15.9 Å². The van der Waals surface area contributed by atoms with Gasteiger partial charge in [-0.1, -0.05) is 0 Å². The van der Waals surface area contributed by atoms with Crippen LogP contribution in [-0.4, -0.2) is 38.5 Å². The third-order valence-corrected chi connectivity index (χ3v) is 5.69. The fourth-order valence-corrected chi connectivity index (χ4v) is 3.26. The van der Waals surface area contributed by atoms with Gasteiger partial charge in [0.2, 0.25) is 15.9 Å². The van der Waals surface area contributed by atoms with Gasteiger partial charge in [0.1, 0.15) is 10.9 Å². The monoisotopic (exact) mass is 337 g/mol. The highest BCUT2D eigenvalue weighted by atomic mass is 32.2. The molecule has 1 N–H and O–H groups in total. The zero-order chi connectivity index (χ0) is 16.5. The van der Waals surface area contributed by atoms with Crippen molar-refractivity contribution < 1.29 is 13.2 Å². The molecule has 0 saturated heterocycles. The van der Waals surface area contributed by atoms with E-state index in [4.69, 9.17) is 5.26 Å². The van der Waals surface area contributed by atoms with Gasteiger partial charge < -0.3 is 5.32 Å². The maximum atomic E-state index is 11.9. The van der Waals surface area contributed by atoms with E-state index in [1.54, 1.807) is 12.1 Å². The summed E-state index contributed by atoms with van der Waals surface area (Å²) in [6, 6.07) is 7.51. The lowest BCUT2D eigenvalue weighted by molar-refractivity contribution is -0.116. The summed E-state index contributed by atoms with van der Waals surface area (Å²) >= 11 is 1.40. The van der Waals surface area contributed by atoms with Crippen LogP contribution in [0, 0.1) is 18.3 Å².